The fourth-order valence-electron chi connectivity index (χ4n) is 4.66. The van der Waals surface area contributed by atoms with Gasteiger partial charge in [0.05, 0.1) is 0 Å². The molecule has 0 fully saturated rings. The number of halogens is 1. The van der Waals surface area contributed by atoms with Crippen LogP contribution in [-0.4, -0.2) is 13.0 Å². The predicted molar refractivity (Wildman–Crippen MR) is 131 cm³/mol. The van der Waals surface area contributed by atoms with E-state index in [9.17, 15) is 0 Å². The normalized spacial score (nSPS) is 25.7. The Balaban J connectivity index is 2.46. The van der Waals surface area contributed by atoms with Crippen LogP contribution in [0.1, 0.15) is 78.4 Å². The summed E-state index contributed by atoms with van der Waals surface area (Å²) in [7, 11) is 0. The van der Waals surface area contributed by atoms with Gasteiger partial charge in [-0.15, -0.1) is 0 Å². The summed E-state index contributed by atoms with van der Waals surface area (Å²) in [5, 5.41) is 0. The molecule has 0 bridgehead atoms. The van der Waals surface area contributed by atoms with Gasteiger partial charge < -0.3 is 0 Å². The minimum atomic E-state index is -1.18. The molecule has 0 heterocycles. The third kappa shape index (κ3) is 4.03. The summed E-state index contributed by atoms with van der Waals surface area (Å²) < 4.78 is 6.05. The van der Waals surface area contributed by atoms with E-state index in [2.05, 4.69) is 87.4 Å². The Kier molecular flexibility index (Phi) is 6.98. The van der Waals surface area contributed by atoms with Crippen LogP contribution in [0.3, 0.4) is 0 Å². The first kappa shape index (κ1) is 21.5. The summed E-state index contributed by atoms with van der Waals surface area (Å²) in [4.78, 5) is 2.36. The molecule has 0 nitrogen and oxygen atoms in total. The molecule has 0 spiro atoms. The fraction of sp³-hybridized carbons (Fsp3) is 0.520. The maximum absolute atomic E-state index is 4.42. The Labute approximate surface area is 168 Å². The second-order valence-electron chi connectivity index (χ2n) is 8.39. The SMILES string of the molecule is C=I(C)=C(CCC)c1ccc(C2=CC[C@](C)(CC)/C(=C\C)C2(C)C)cc1. The molecule has 1 aliphatic carbocycles. The van der Waals surface area contributed by atoms with Crippen LogP contribution in [-0.2, 0) is 0 Å². The number of benzene rings is 1. The summed E-state index contributed by atoms with van der Waals surface area (Å²) >= 11 is -1.18. The van der Waals surface area contributed by atoms with Gasteiger partial charge >= 0.3 is 0 Å². The number of hydrogen-bond donors (Lipinski definition) is 0. The van der Waals surface area contributed by atoms with Crippen molar-refractivity contribution >= 4 is 32.5 Å². The van der Waals surface area contributed by atoms with Crippen LogP contribution < -0.4 is 0 Å². The molecule has 1 atom stereocenters. The zero-order valence-electron chi connectivity index (χ0n) is 17.9. The predicted octanol–water partition coefficient (Wildman–Crippen LogP) is 7.75. The highest BCUT2D eigenvalue weighted by Gasteiger charge is 2.41. The molecule has 26 heavy (non-hydrogen) atoms. The molecule has 1 aromatic rings. The smallest absolute Gasteiger partial charge is 0.0113 e. The minimum Gasteiger partial charge on any atom is -0.156 e. The maximum atomic E-state index is 4.42. The Morgan fingerprint density at radius 3 is 2.23 bits per heavy atom. The Bertz CT molecular complexity index is 780. The molecule has 1 heteroatoms. The molecule has 0 amide bonds. The Morgan fingerprint density at radius 1 is 1.15 bits per heavy atom. The van der Waals surface area contributed by atoms with Crippen LogP contribution in [0, 0.1) is 10.8 Å². The highest BCUT2D eigenvalue weighted by Crippen LogP contribution is 2.55. The van der Waals surface area contributed by atoms with Gasteiger partial charge in [0.25, 0.3) is 0 Å². The van der Waals surface area contributed by atoms with Crippen molar-refractivity contribution in [3.8, 4) is 0 Å². The molecule has 144 valence electrons. The van der Waals surface area contributed by atoms with E-state index < -0.39 is 18.9 Å². The summed E-state index contributed by atoms with van der Waals surface area (Å²) in [5.41, 5.74) is 6.27. The standard InChI is InChI=1S/C25H37I/c1-9-12-22(26(7)8)20-15-13-19(14-16-20)21-17-18-25(6,11-3)23(10-2)24(21,4)5/h10,13-17H,7,9,11-12,18H2,1-6,8H3/b23-10-/t25-/m0/s1. The first-order valence-corrected chi connectivity index (χ1v) is 14.7. The van der Waals surface area contributed by atoms with Crippen molar-refractivity contribution in [3.63, 3.8) is 0 Å². The fourth-order valence-corrected chi connectivity index (χ4v) is 7.54. The van der Waals surface area contributed by atoms with E-state index in [-0.39, 0.29) is 5.41 Å². The van der Waals surface area contributed by atoms with Crippen molar-refractivity contribution in [2.24, 2.45) is 10.8 Å². The van der Waals surface area contributed by atoms with Crippen LogP contribution in [0.15, 0.2) is 42.0 Å². The van der Waals surface area contributed by atoms with Crippen LogP contribution in [0.25, 0.3) is 5.57 Å². The van der Waals surface area contributed by atoms with Gasteiger partial charge in [-0.3, -0.25) is 0 Å². The molecule has 0 saturated heterocycles. The quantitative estimate of drug-likeness (QED) is 0.237. The zero-order chi connectivity index (χ0) is 19.5. The van der Waals surface area contributed by atoms with Crippen molar-refractivity contribution < 1.29 is 0 Å². The molecule has 0 aromatic heterocycles. The molecular weight excluding hydrogens is 427 g/mol. The van der Waals surface area contributed by atoms with Crippen molar-refractivity contribution in [3.05, 3.63) is 53.1 Å². The summed E-state index contributed by atoms with van der Waals surface area (Å²) in [5.74, 6) is 0. The van der Waals surface area contributed by atoms with Gasteiger partial charge in [-0.1, -0.05) is 87.5 Å². The molecule has 1 aromatic carbocycles. The first-order chi connectivity index (χ1) is 12.2. The number of alkyl halides is 1. The van der Waals surface area contributed by atoms with Crippen molar-refractivity contribution in [2.75, 3.05) is 4.93 Å². The van der Waals surface area contributed by atoms with E-state index in [0.717, 1.165) is 6.42 Å². The molecule has 0 N–H and O–H groups in total. The lowest BCUT2D eigenvalue weighted by molar-refractivity contribution is 0.311. The van der Waals surface area contributed by atoms with Crippen LogP contribution in [0.2, 0.25) is 0 Å². The molecule has 0 radical (unpaired) electrons. The van der Waals surface area contributed by atoms with Gasteiger partial charge in [0.15, 0.2) is 0 Å². The average molecular weight is 464 g/mol. The summed E-state index contributed by atoms with van der Waals surface area (Å²) in [6.45, 7) is 14.0. The Hall–Kier alpha value is -0.830. The lowest BCUT2D eigenvalue weighted by Crippen LogP contribution is -2.33. The number of hydrogen-bond acceptors (Lipinski definition) is 0. The Morgan fingerprint density at radius 2 is 1.77 bits per heavy atom. The highest BCUT2D eigenvalue weighted by molar-refractivity contribution is 14.2. The number of allylic oxidation sites excluding steroid dienone is 4. The molecule has 2 rings (SSSR count). The van der Waals surface area contributed by atoms with E-state index in [4.69, 9.17) is 0 Å². The van der Waals surface area contributed by atoms with Gasteiger partial charge in [-0.25, -0.2) is 0 Å². The molecule has 0 unspecified atom stereocenters. The van der Waals surface area contributed by atoms with Gasteiger partial charge in [0.1, 0.15) is 0 Å². The lowest BCUT2D eigenvalue weighted by atomic mass is 9.58. The maximum Gasteiger partial charge on any atom is 0.0113 e. The highest BCUT2D eigenvalue weighted by atomic mass is 127. The lowest BCUT2D eigenvalue weighted by Gasteiger charge is -2.46. The van der Waals surface area contributed by atoms with E-state index in [0.29, 0.717) is 5.41 Å². The van der Waals surface area contributed by atoms with Crippen molar-refractivity contribution in [2.45, 2.75) is 67.2 Å². The van der Waals surface area contributed by atoms with E-state index in [1.165, 1.54) is 36.0 Å². The monoisotopic (exact) mass is 464 g/mol. The molecular formula is C25H37I. The summed E-state index contributed by atoms with van der Waals surface area (Å²) in [6.07, 6.45) is 9.63. The third-order valence-electron chi connectivity index (χ3n) is 6.19. The second-order valence-corrected chi connectivity index (χ2v) is 13.1. The average Bonchev–Trinajstić information content (AvgIpc) is 2.59. The zero-order valence-corrected chi connectivity index (χ0v) is 20.0. The van der Waals surface area contributed by atoms with Crippen LogP contribution in [0.5, 0.6) is 0 Å². The number of rotatable bonds is 5. The second kappa shape index (κ2) is 8.46. The van der Waals surface area contributed by atoms with Crippen LogP contribution >= 0.6 is 18.9 Å². The minimum absolute atomic E-state index is 0.0880. The van der Waals surface area contributed by atoms with E-state index in [1.807, 2.05) is 0 Å². The largest absolute Gasteiger partial charge is 0.156 e. The van der Waals surface area contributed by atoms with E-state index >= 15 is 0 Å². The summed E-state index contributed by atoms with van der Waals surface area (Å²) in [6, 6.07) is 9.39. The molecule has 1 aliphatic rings. The van der Waals surface area contributed by atoms with Gasteiger partial charge in [-0.05, 0) is 56.7 Å². The van der Waals surface area contributed by atoms with Crippen LogP contribution in [0.4, 0.5) is 0 Å². The topological polar surface area (TPSA) is 0 Å². The van der Waals surface area contributed by atoms with Crippen molar-refractivity contribution in [1.82, 2.24) is 0 Å². The van der Waals surface area contributed by atoms with Crippen molar-refractivity contribution in [1.29, 1.82) is 0 Å². The molecule has 0 saturated carbocycles. The van der Waals surface area contributed by atoms with Gasteiger partial charge in [-0.2, -0.15) is 18.9 Å². The van der Waals surface area contributed by atoms with Gasteiger partial charge in [0.2, 0.25) is 0 Å². The molecule has 0 aliphatic heterocycles. The first-order valence-electron chi connectivity index (χ1n) is 9.94. The van der Waals surface area contributed by atoms with E-state index in [1.54, 1.807) is 9.08 Å². The third-order valence-corrected chi connectivity index (χ3v) is 9.58. The van der Waals surface area contributed by atoms with Gasteiger partial charge in [0, 0.05) is 5.41 Å².